The van der Waals surface area contributed by atoms with Crippen LogP contribution in [-0.2, 0) is 4.79 Å². The van der Waals surface area contributed by atoms with Crippen molar-refractivity contribution < 1.29 is 23.1 Å². The summed E-state index contributed by atoms with van der Waals surface area (Å²) in [5, 5.41) is 8.27. The van der Waals surface area contributed by atoms with Gasteiger partial charge in [0.15, 0.2) is 0 Å². The second-order valence-corrected chi connectivity index (χ2v) is 2.18. The Kier molecular flexibility index (Phi) is 4.02. The molecule has 0 aliphatic carbocycles. The van der Waals surface area contributed by atoms with Crippen molar-refractivity contribution >= 4 is 5.91 Å². The minimum Gasteiger partial charge on any atom is -0.387 e. The van der Waals surface area contributed by atoms with Crippen molar-refractivity contribution in [3.63, 3.8) is 0 Å². The number of likely N-dealkylation sites (N-methyl/N-ethyl adjacent to an activating group) is 1. The summed E-state index contributed by atoms with van der Waals surface area (Å²) in [5.74, 6) is -0.908. The van der Waals surface area contributed by atoms with Gasteiger partial charge in [-0.2, -0.15) is 13.2 Å². The fourth-order valence-corrected chi connectivity index (χ4v) is 0.693. The number of nitrogens with zero attached hydrogens (tertiary/aromatic N) is 1. The van der Waals surface area contributed by atoms with E-state index in [1.54, 1.807) is 0 Å². The average Bonchev–Trinajstić information content (AvgIpc) is 1.97. The van der Waals surface area contributed by atoms with Crippen LogP contribution >= 0.6 is 0 Å². The molecule has 0 aromatic rings. The topological polar surface area (TPSA) is 40.5 Å². The number of carbonyl (C=O) groups excluding carboxylic acids is 1. The van der Waals surface area contributed by atoms with Gasteiger partial charge in [-0.3, -0.25) is 4.79 Å². The first kappa shape index (κ1) is 11.2. The highest BCUT2D eigenvalue weighted by Gasteiger charge is 2.31. The summed E-state index contributed by atoms with van der Waals surface area (Å²) in [4.78, 5) is 11.1. The maximum Gasteiger partial charge on any atom is 0.406 e. The molecule has 0 saturated carbocycles. The lowest BCUT2D eigenvalue weighted by Gasteiger charge is -2.20. The van der Waals surface area contributed by atoms with Crippen molar-refractivity contribution in [2.75, 3.05) is 19.7 Å². The first-order valence-electron chi connectivity index (χ1n) is 3.36. The molecule has 0 unspecified atom stereocenters. The SMILES string of the molecule is CCN(CC(F)(F)F)C(=O)CO. The van der Waals surface area contributed by atoms with Gasteiger partial charge in [-0.1, -0.05) is 0 Å². The van der Waals surface area contributed by atoms with Crippen LogP contribution in [0.5, 0.6) is 0 Å². The first-order chi connectivity index (χ1) is 5.40. The molecular weight excluding hydrogens is 175 g/mol. The first-order valence-corrected chi connectivity index (χ1v) is 3.36. The number of aliphatic hydroxyl groups is 1. The predicted molar refractivity (Wildman–Crippen MR) is 35.4 cm³/mol. The zero-order valence-corrected chi connectivity index (χ0v) is 6.56. The lowest BCUT2D eigenvalue weighted by atomic mass is 10.4. The number of halogens is 3. The van der Waals surface area contributed by atoms with E-state index in [0.29, 0.717) is 4.90 Å². The van der Waals surface area contributed by atoms with E-state index in [-0.39, 0.29) is 6.54 Å². The number of aliphatic hydroxyl groups excluding tert-OH is 1. The van der Waals surface area contributed by atoms with Crippen LogP contribution in [0.15, 0.2) is 0 Å². The third-order valence-electron chi connectivity index (χ3n) is 1.24. The summed E-state index contributed by atoms with van der Waals surface area (Å²) in [7, 11) is 0. The number of amides is 1. The molecule has 0 atom stereocenters. The van der Waals surface area contributed by atoms with Gasteiger partial charge in [-0.15, -0.1) is 0 Å². The molecule has 72 valence electrons. The van der Waals surface area contributed by atoms with Crippen molar-refractivity contribution in [2.24, 2.45) is 0 Å². The smallest absolute Gasteiger partial charge is 0.387 e. The zero-order valence-electron chi connectivity index (χ0n) is 6.56. The minimum absolute atomic E-state index is 0.0566. The highest BCUT2D eigenvalue weighted by Crippen LogP contribution is 2.16. The Hall–Kier alpha value is -0.780. The van der Waals surface area contributed by atoms with Crippen LogP contribution in [0.1, 0.15) is 6.92 Å². The zero-order chi connectivity index (χ0) is 9.78. The molecule has 0 aliphatic rings. The number of hydrogen-bond acceptors (Lipinski definition) is 2. The van der Waals surface area contributed by atoms with Gasteiger partial charge in [0.2, 0.25) is 5.91 Å². The molecule has 12 heavy (non-hydrogen) atoms. The molecule has 0 aliphatic heterocycles. The fraction of sp³-hybridized carbons (Fsp3) is 0.833. The average molecular weight is 185 g/mol. The Balaban J connectivity index is 4.09. The van der Waals surface area contributed by atoms with E-state index < -0.39 is 25.2 Å². The van der Waals surface area contributed by atoms with Gasteiger partial charge in [0.1, 0.15) is 13.2 Å². The summed E-state index contributed by atoms with van der Waals surface area (Å²) in [6.45, 7) is -0.828. The van der Waals surface area contributed by atoms with Crippen LogP contribution in [0.2, 0.25) is 0 Å². The third-order valence-corrected chi connectivity index (χ3v) is 1.24. The van der Waals surface area contributed by atoms with E-state index in [4.69, 9.17) is 5.11 Å². The molecule has 0 fully saturated rings. The van der Waals surface area contributed by atoms with Crippen LogP contribution in [0, 0.1) is 0 Å². The summed E-state index contributed by atoms with van der Waals surface area (Å²) in [6.07, 6.45) is -4.40. The molecule has 3 nitrogen and oxygen atoms in total. The van der Waals surface area contributed by atoms with Crippen molar-refractivity contribution in [1.82, 2.24) is 4.90 Å². The van der Waals surface area contributed by atoms with E-state index in [2.05, 4.69) is 0 Å². The molecule has 0 rings (SSSR count). The Morgan fingerprint density at radius 1 is 1.50 bits per heavy atom. The normalized spacial score (nSPS) is 11.4. The van der Waals surface area contributed by atoms with E-state index in [0.717, 1.165) is 0 Å². The second kappa shape index (κ2) is 4.30. The van der Waals surface area contributed by atoms with E-state index in [1.165, 1.54) is 6.92 Å². The Morgan fingerprint density at radius 2 is 2.00 bits per heavy atom. The van der Waals surface area contributed by atoms with Gasteiger partial charge in [0.25, 0.3) is 0 Å². The van der Waals surface area contributed by atoms with Gasteiger partial charge in [-0.25, -0.2) is 0 Å². The molecule has 1 N–H and O–H groups in total. The van der Waals surface area contributed by atoms with E-state index >= 15 is 0 Å². The minimum atomic E-state index is -4.40. The van der Waals surface area contributed by atoms with Gasteiger partial charge >= 0.3 is 6.18 Å². The quantitative estimate of drug-likeness (QED) is 0.690. The molecule has 0 heterocycles. The largest absolute Gasteiger partial charge is 0.406 e. The van der Waals surface area contributed by atoms with Crippen molar-refractivity contribution in [3.05, 3.63) is 0 Å². The maximum atomic E-state index is 11.7. The predicted octanol–water partition coefficient (Wildman–Crippen LogP) is 0.390. The van der Waals surface area contributed by atoms with E-state index in [9.17, 15) is 18.0 Å². The van der Waals surface area contributed by atoms with Crippen LogP contribution in [-0.4, -0.2) is 41.8 Å². The molecule has 0 aromatic carbocycles. The second-order valence-electron chi connectivity index (χ2n) is 2.18. The number of carbonyl (C=O) groups is 1. The van der Waals surface area contributed by atoms with Crippen LogP contribution < -0.4 is 0 Å². The van der Waals surface area contributed by atoms with Crippen molar-refractivity contribution in [1.29, 1.82) is 0 Å². The lowest BCUT2D eigenvalue weighted by molar-refractivity contribution is -0.162. The highest BCUT2D eigenvalue weighted by molar-refractivity contribution is 5.77. The molecule has 0 saturated heterocycles. The Bertz CT molecular complexity index is 157. The number of rotatable bonds is 3. The summed E-state index contributed by atoms with van der Waals surface area (Å²) in [5.41, 5.74) is 0. The maximum absolute atomic E-state index is 11.7. The number of hydrogen-bond donors (Lipinski definition) is 1. The third kappa shape index (κ3) is 4.17. The van der Waals surface area contributed by atoms with Crippen LogP contribution in [0.3, 0.4) is 0 Å². The molecular formula is C6H10F3NO2. The van der Waals surface area contributed by atoms with Gasteiger partial charge in [-0.05, 0) is 6.92 Å². The van der Waals surface area contributed by atoms with Gasteiger partial charge in [0.05, 0.1) is 0 Å². The monoisotopic (exact) mass is 185 g/mol. The van der Waals surface area contributed by atoms with Crippen LogP contribution in [0.4, 0.5) is 13.2 Å². The highest BCUT2D eigenvalue weighted by atomic mass is 19.4. The van der Waals surface area contributed by atoms with Gasteiger partial charge < -0.3 is 10.0 Å². The number of alkyl halides is 3. The molecule has 0 radical (unpaired) electrons. The summed E-state index contributed by atoms with van der Waals surface area (Å²) in [6, 6.07) is 0. The van der Waals surface area contributed by atoms with Crippen molar-refractivity contribution in [2.45, 2.75) is 13.1 Å². The standard InChI is InChI=1S/C6H10F3NO2/c1-2-10(5(12)3-11)4-6(7,8)9/h11H,2-4H2,1H3. The summed E-state index contributed by atoms with van der Waals surface area (Å²) >= 11 is 0. The van der Waals surface area contributed by atoms with Crippen molar-refractivity contribution in [3.8, 4) is 0 Å². The Morgan fingerprint density at radius 3 is 2.25 bits per heavy atom. The molecule has 1 amide bonds. The van der Waals surface area contributed by atoms with E-state index in [1.807, 2.05) is 0 Å². The van der Waals surface area contributed by atoms with Crippen LogP contribution in [0.25, 0.3) is 0 Å². The lowest BCUT2D eigenvalue weighted by Crippen LogP contribution is -2.40. The molecule has 0 spiro atoms. The summed E-state index contributed by atoms with van der Waals surface area (Å²) < 4.78 is 35.1. The molecule has 0 aromatic heterocycles. The molecule has 6 heteroatoms. The molecule has 0 bridgehead atoms. The Labute approximate surface area is 67.8 Å². The fourth-order valence-electron chi connectivity index (χ4n) is 0.693. The van der Waals surface area contributed by atoms with Gasteiger partial charge in [0, 0.05) is 6.54 Å².